The van der Waals surface area contributed by atoms with Crippen LogP contribution in [-0.2, 0) is 6.42 Å². The zero-order chi connectivity index (χ0) is 11.8. The fourth-order valence-corrected chi connectivity index (χ4v) is 1.97. The highest BCUT2D eigenvalue weighted by Gasteiger charge is 2.05. The van der Waals surface area contributed by atoms with Gasteiger partial charge in [-0.3, -0.25) is 0 Å². The summed E-state index contributed by atoms with van der Waals surface area (Å²) in [6.45, 7) is 8.37. The molecule has 0 spiro atoms. The topological polar surface area (TPSA) is 17.8 Å². The fourth-order valence-electron chi connectivity index (χ4n) is 1.97. The highest BCUT2D eigenvalue weighted by Crippen LogP contribution is 2.15. The molecule has 1 rings (SSSR count). The van der Waals surface area contributed by atoms with Gasteiger partial charge in [0.25, 0.3) is 0 Å². The van der Waals surface area contributed by atoms with Crippen molar-refractivity contribution >= 4 is 6.20 Å². The van der Waals surface area contributed by atoms with E-state index < -0.39 is 0 Å². The van der Waals surface area contributed by atoms with E-state index >= 15 is 0 Å². The summed E-state index contributed by atoms with van der Waals surface area (Å²) < 4.78 is 2.01. The average molecular weight is 220 g/mol. The van der Waals surface area contributed by atoms with Crippen molar-refractivity contribution in [2.45, 2.75) is 52.4 Å². The van der Waals surface area contributed by atoms with Crippen LogP contribution >= 0.6 is 0 Å². The van der Waals surface area contributed by atoms with Crippen molar-refractivity contribution in [1.82, 2.24) is 9.55 Å². The van der Waals surface area contributed by atoms with E-state index in [4.69, 9.17) is 0 Å². The van der Waals surface area contributed by atoms with Gasteiger partial charge in [0, 0.05) is 25.0 Å². The van der Waals surface area contributed by atoms with Gasteiger partial charge in [-0.15, -0.1) is 0 Å². The van der Waals surface area contributed by atoms with E-state index in [2.05, 4.69) is 25.4 Å². The number of nitrogens with zero attached hydrogens (tertiary/aromatic N) is 2. The monoisotopic (exact) mass is 220 g/mol. The minimum Gasteiger partial charge on any atom is -0.311 e. The summed E-state index contributed by atoms with van der Waals surface area (Å²) in [5.74, 6) is 1.94. The van der Waals surface area contributed by atoms with E-state index in [1.54, 1.807) is 0 Å². The molecule has 90 valence electrons. The lowest BCUT2D eigenvalue weighted by Crippen LogP contribution is -2.01. The number of hydrogen-bond donors (Lipinski definition) is 0. The molecule has 1 atom stereocenters. The minimum absolute atomic E-state index is 0.807. The number of unbranched alkanes of at least 4 members (excludes halogenated alkanes) is 2. The summed E-state index contributed by atoms with van der Waals surface area (Å²) in [5, 5.41) is 0. The maximum atomic E-state index is 4.35. The van der Waals surface area contributed by atoms with Gasteiger partial charge in [-0.05, 0) is 12.3 Å². The minimum atomic E-state index is 0.807. The van der Waals surface area contributed by atoms with Crippen LogP contribution in [-0.4, -0.2) is 9.55 Å². The first-order valence-electron chi connectivity index (χ1n) is 6.42. The Balaban J connectivity index is 2.25. The molecule has 0 aliphatic heterocycles. The predicted octanol–water partition coefficient (Wildman–Crippen LogP) is 4.13. The van der Waals surface area contributed by atoms with Crippen LogP contribution in [0.4, 0.5) is 0 Å². The van der Waals surface area contributed by atoms with E-state index in [9.17, 15) is 0 Å². The van der Waals surface area contributed by atoms with E-state index in [1.165, 1.54) is 32.1 Å². The normalized spacial score (nSPS) is 12.6. The van der Waals surface area contributed by atoms with Gasteiger partial charge >= 0.3 is 0 Å². The van der Waals surface area contributed by atoms with E-state index in [0.717, 1.165) is 18.2 Å². The Morgan fingerprint density at radius 2 is 2.25 bits per heavy atom. The Morgan fingerprint density at radius 1 is 1.44 bits per heavy atom. The first-order chi connectivity index (χ1) is 7.77. The second-order valence-electron chi connectivity index (χ2n) is 4.57. The lowest BCUT2D eigenvalue weighted by Gasteiger charge is -2.10. The highest BCUT2D eigenvalue weighted by molar-refractivity contribution is 5.19. The molecule has 0 fully saturated rings. The lowest BCUT2D eigenvalue weighted by molar-refractivity contribution is 0.459. The van der Waals surface area contributed by atoms with Gasteiger partial charge in [0.05, 0.1) is 0 Å². The number of imidazole rings is 1. The zero-order valence-electron chi connectivity index (χ0n) is 10.7. The molecule has 0 aliphatic rings. The molecule has 16 heavy (non-hydrogen) atoms. The third kappa shape index (κ3) is 4.21. The van der Waals surface area contributed by atoms with Gasteiger partial charge in [-0.2, -0.15) is 0 Å². The SMILES string of the molecule is C=Cn1ccnc1CCC(C)CCCCC. The van der Waals surface area contributed by atoms with Crippen LogP contribution in [0.2, 0.25) is 0 Å². The molecule has 0 aromatic carbocycles. The van der Waals surface area contributed by atoms with Gasteiger partial charge in [-0.1, -0.05) is 46.1 Å². The van der Waals surface area contributed by atoms with E-state index in [-0.39, 0.29) is 0 Å². The first-order valence-corrected chi connectivity index (χ1v) is 6.42. The Bertz CT molecular complexity index is 301. The maximum Gasteiger partial charge on any atom is 0.112 e. The molecular weight excluding hydrogens is 196 g/mol. The molecule has 1 aromatic heterocycles. The molecular formula is C14H24N2. The molecule has 2 heteroatoms. The molecule has 0 saturated heterocycles. The van der Waals surface area contributed by atoms with Crippen LogP contribution in [0.3, 0.4) is 0 Å². The third-order valence-corrected chi connectivity index (χ3v) is 3.11. The number of aromatic nitrogens is 2. The summed E-state index contributed by atoms with van der Waals surface area (Å²) in [7, 11) is 0. The summed E-state index contributed by atoms with van der Waals surface area (Å²) in [6, 6.07) is 0. The highest BCUT2D eigenvalue weighted by atomic mass is 15.0. The van der Waals surface area contributed by atoms with Crippen molar-refractivity contribution in [2.24, 2.45) is 5.92 Å². The molecule has 1 unspecified atom stereocenters. The smallest absolute Gasteiger partial charge is 0.112 e. The van der Waals surface area contributed by atoms with Gasteiger partial charge in [0.15, 0.2) is 0 Å². The second kappa shape index (κ2) is 7.26. The Kier molecular flexibility index (Phi) is 5.91. The van der Waals surface area contributed by atoms with Crippen LogP contribution in [0.5, 0.6) is 0 Å². The summed E-state index contributed by atoms with van der Waals surface area (Å²) in [4.78, 5) is 4.35. The van der Waals surface area contributed by atoms with Crippen LogP contribution in [0, 0.1) is 5.92 Å². The summed E-state index contributed by atoms with van der Waals surface area (Å²) in [5.41, 5.74) is 0. The molecule has 0 aliphatic carbocycles. The second-order valence-corrected chi connectivity index (χ2v) is 4.57. The number of rotatable bonds is 8. The Morgan fingerprint density at radius 3 is 2.94 bits per heavy atom. The lowest BCUT2D eigenvalue weighted by atomic mass is 9.98. The maximum absolute atomic E-state index is 4.35. The molecule has 1 aromatic rings. The van der Waals surface area contributed by atoms with E-state index in [1.807, 2.05) is 23.2 Å². The first kappa shape index (κ1) is 13.0. The molecule has 0 amide bonds. The van der Waals surface area contributed by atoms with Crippen LogP contribution < -0.4 is 0 Å². The largest absolute Gasteiger partial charge is 0.311 e. The van der Waals surface area contributed by atoms with E-state index in [0.29, 0.717) is 0 Å². The summed E-state index contributed by atoms with van der Waals surface area (Å²) in [6.07, 6.45) is 13.3. The van der Waals surface area contributed by atoms with Crippen LogP contribution in [0.15, 0.2) is 19.0 Å². The quantitative estimate of drug-likeness (QED) is 0.602. The van der Waals surface area contributed by atoms with Gasteiger partial charge in [0.1, 0.15) is 5.82 Å². The molecule has 0 bridgehead atoms. The Hall–Kier alpha value is -1.05. The zero-order valence-corrected chi connectivity index (χ0v) is 10.7. The average Bonchev–Trinajstić information content (AvgIpc) is 2.74. The van der Waals surface area contributed by atoms with Crippen molar-refractivity contribution in [3.63, 3.8) is 0 Å². The van der Waals surface area contributed by atoms with Crippen molar-refractivity contribution in [1.29, 1.82) is 0 Å². The third-order valence-electron chi connectivity index (χ3n) is 3.11. The molecule has 0 radical (unpaired) electrons. The number of aryl methyl sites for hydroxylation is 1. The van der Waals surface area contributed by atoms with Gasteiger partial charge in [0.2, 0.25) is 0 Å². The molecule has 1 heterocycles. The molecule has 2 nitrogen and oxygen atoms in total. The van der Waals surface area contributed by atoms with Crippen molar-refractivity contribution in [3.8, 4) is 0 Å². The standard InChI is InChI=1S/C14H24N2/c1-4-6-7-8-13(3)9-10-14-15-11-12-16(14)5-2/h5,11-13H,2,4,6-10H2,1,3H3. The van der Waals surface area contributed by atoms with Crippen molar-refractivity contribution < 1.29 is 0 Å². The predicted molar refractivity (Wildman–Crippen MR) is 70.2 cm³/mol. The van der Waals surface area contributed by atoms with Crippen LogP contribution in [0.1, 0.15) is 51.8 Å². The molecule has 0 saturated carbocycles. The van der Waals surface area contributed by atoms with Gasteiger partial charge in [-0.25, -0.2) is 4.98 Å². The Labute approximate surface area is 99.4 Å². The summed E-state index contributed by atoms with van der Waals surface area (Å²) >= 11 is 0. The number of hydrogen-bond acceptors (Lipinski definition) is 1. The van der Waals surface area contributed by atoms with Gasteiger partial charge < -0.3 is 4.57 Å². The fraction of sp³-hybridized carbons (Fsp3) is 0.643. The van der Waals surface area contributed by atoms with Crippen molar-refractivity contribution in [3.05, 3.63) is 24.8 Å². The van der Waals surface area contributed by atoms with Crippen LogP contribution in [0.25, 0.3) is 6.20 Å². The molecule has 0 N–H and O–H groups in total. The van der Waals surface area contributed by atoms with Crippen molar-refractivity contribution in [2.75, 3.05) is 0 Å².